The Labute approximate surface area is 115 Å². The van der Waals surface area contributed by atoms with Gasteiger partial charge < -0.3 is 15.8 Å². The molecule has 0 saturated heterocycles. The lowest BCUT2D eigenvalue weighted by atomic mass is 10.0. The van der Waals surface area contributed by atoms with Crippen LogP contribution in [0.4, 0.5) is 5.69 Å². The normalized spacial score (nSPS) is 12.2. The number of amides is 1. The van der Waals surface area contributed by atoms with Crippen LogP contribution in [0, 0.1) is 5.92 Å². The van der Waals surface area contributed by atoms with Crippen molar-refractivity contribution in [2.24, 2.45) is 5.92 Å². The average molecular weight is 264 g/mol. The van der Waals surface area contributed by atoms with Crippen molar-refractivity contribution in [3.63, 3.8) is 0 Å². The van der Waals surface area contributed by atoms with Gasteiger partial charge in [-0.25, -0.2) is 0 Å². The first kappa shape index (κ1) is 15.3. The van der Waals surface area contributed by atoms with Crippen LogP contribution in [-0.2, 0) is 4.79 Å². The van der Waals surface area contributed by atoms with Crippen molar-refractivity contribution in [2.45, 2.75) is 39.7 Å². The molecule has 1 aromatic rings. The first-order chi connectivity index (χ1) is 8.97. The summed E-state index contributed by atoms with van der Waals surface area (Å²) < 4.78 is 5.38. The molecule has 0 spiro atoms. The van der Waals surface area contributed by atoms with E-state index >= 15 is 0 Å². The Hall–Kier alpha value is -1.71. The summed E-state index contributed by atoms with van der Waals surface area (Å²) in [5.41, 5.74) is 6.25. The Morgan fingerprint density at radius 2 is 1.84 bits per heavy atom. The van der Waals surface area contributed by atoms with E-state index in [1.54, 1.807) is 24.3 Å². The fourth-order valence-electron chi connectivity index (χ4n) is 1.68. The summed E-state index contributed by atoms with van der Waals surface area (Å²) in [4.78, 5) is 11.7. The van der Waals surface area contributed by atoms with Crippen LogP contribution in [-0.4, -0.2) is 18.6 Å². The second-order valence-corrected chi connectivity index (χ2v) is 5.30. The van der Waals surface area contributed by atoms with Crippen molar-refractivity contribution in [3.8, 4) is 5.75 Å². The highest BCUT2D eigenvalue weighted by molar-refractivity contribution is 5.77. The lowest BCUT2D eigenvalue weighted by Crippen LogP contribution is -2.36. The topological polar surface area (TPSA) is 64.3 Å². The lowest BCUT2D eigenvalue weighted by Gasteiger charge is -2.15. The number of ether oxygens (including phenoxy) is 1. The van der Waals surface area contributed by atoms with Crippen LogP contribution in [0.25, 0.3) is 0 Å². The predicted molar refractivity (Wildman–Crippen MR) is 78.0 cm³/mol. The Bertz CT molecular complexity index is 388. The van der Waals surface area contributed by atoms with E-state index in [1.807, 2.05) is 6.92 Å². The summed E-state index contributed by atoms with van der Waals surface area (Å²) >= 11 is 0. The first-order valence-electron chi connectivity index (χ1n) is 6.75. The minimum atomic E-state index is -0.0897. The molecule has 1 aromatic carbocycles. The quantitative estimate of drug-likeness (QED) is 0.744. The van der Waals surface area contributed by atoms with Crippen LogP contribution < -0.4 is 15.8 Å². The van der Waals surface area contributed by atoms with Gasteiger partial charge in [0.15, 0.2) is 6.61 Å². The molecule has 0 aliphatic carbocycles. The largest absolute Gasteiger partial charge is 0.484 e. The number of rotatable bonds is 7. The summed E-state index contributed by atoms with van der Waals surface area (Å²) in [5.74, 6) is 1.22. The molecule has 0 aromatic heterocycles. The summed E-state index contributed by atoms with van der Waals surface area (Å²) in [5, 5.41) is 2.93. The number of hydrogen-bond donors (Lipinski definition) is 2. The van der Waals surface area contributed by atoms with Gasteiger partial charge >= 0.3 is 0 Å². The van der Waals surface area contributed by atoms with Gasteiger partial charge in [-0.1, -0.05) is 13.8 Å². The smallest absolute Gasteiger partial charge is 0.258 e. The van der Waals surface area contributed by atoms with Gasteiger partial charge in [-0.3, -0.25) is 4.79 Å². The molecule has 4 heteroatoms. The van der Waals surface area contributed by atoms with E-state index in [1.165, 1.54) is 0 Å². The average Bonchev–Trinajstić information content (AvgIpc) is 2.36. The molecule has 106 valence electrons. The van der Waals surface area contributed by atoms with E-state index in [4.69, 9.17) is 10.5 Å². The molecule has 1 unspecified atom stereocenters. The fourth-order valence-corrected chi connectivity index (χ4v) is 1.68. The SMILES string of the molecule is CC(C)CCC(C)NC(=O)COc1ccc(N)cc1. The second kappa shape index (κ2) is 7.67. The predicted octanol–water partition coefficient (Wildman–Crippen LogP) is 2.59. The maximum atomic E-state index is 11.7. The number of carbonyl (C=O) groups is 1. The zero-order chi connectivity index (χ0) is 14.3. The number of nitrogens with two attached hydrogens (primary N) is 1. The van der Waals surface area contributed by atoms with Crippen LogP contribution in [0.15, 0.2) is 24.3 Å². The van der Waals surface area contributed by atoms with E-state index in [-0.39, 0.29) is 18.6 Å². The van der Waals surface area contributed by atoms with Crippen LogP contribution in [0.1, 0.15) is 33.6 Å². The molecular weight excluding hydrogens is 240 g/mol. The molecule has 0 bridgehead atoms. The zero-order valence-corrected chi connectivity index (χ0v) is 12.0. The van der Waals surface area contributed by atoms with E-state index < -0.39 is 0 Å². The Kier molecular flexibility index (Phi) is 6.19. The van der Waals surface area contributed by atoms with Gasteiger partial charge in [0.05, 0.1) is 0 Å². The fraction of sp³-hybridized carbons (Fsp3) is 0.533. The Morgan fingerprint density at radius 3 is 2.42 bits per heavy atom. The van der Waals surface area contributed by atoms with Crippen molar-refractivity contribution >= 4 is 11.6 Å². The lowest BCUT2D eigenvalue weighted by molar-refractivity contribution is -0.123. The van der Waals surface area contributed by atoms with Gasteiger partial charge in [0.1, 0.15) is 5.75 Å². The molecule has 0 radical (unpaired) electrons. The Morgan fingerprint density at radius 1 is 1.21 bits per heavy atom. The van der Waals surface area contributed by atoms with Crippen molar-refractivity contribution in [3.05, 3.63) is 24.3 Å². The van der Waals surface area contributed by atoms with Gasteiger partial charge in [0.2, 0.25) is 0 Å². The van der Waals surface area contributed by atoms with Crippen LogP contribution >= 0.6 is 0 Å². The molecular formula is C15H24N2O2. The molecule has 3 N–H and O–H groups in total. The third-order valence-electron chi connectivity index (χ3n) is 2.83. The van der Waals surface area contributed by atoms with Crippen LogP contribution in [0.2, 0.25) is 0 Å². The first-order valence-corrected chi connectivity index (χ1v) is 6.75. The standard InChI is InChI=1S/C15H24N2O2/c1-11(2)4-5-12(3)17-15(18)10-19-14-8-6-13(16)7-9-14/h6-9,11-12H,4-5,10,16H2,1-3H3,(H,17,18). The van der Waals surface area contributed by atoms with Crippen LogP contribution in [0.3, 0.4) is 0 Å². The number of benzene rings is 1. The van der Waals surface area contributed by atoms with E-state index in [2.05, 4.69) is 19.2 Å². The molecule has 1 amide bonds. The number of nitrogens with one attached hydrogen (secondary N) is 1. The molecule has 4 nitrogen and oxygen atoms in total. The monoisotopic (exact) mass is 264 g/mol. The highest BCUT2D eigenvalue weighted by Gasteiger charge is 2.08. The minimum absolute atomic E-state index is 0.0376. The second-order valence-electron chi connectivity index (χ2n) is 5.30. The number of nitrogen functional groups attached to an aromatic ring is 1. The summed E-state index contributed by atoms with van der Waals surface area (Å²) in [7, 11) is 0. The Balaban J connectivity index is 2.25. The van der Waals surface area contributed by atoms with Crippen molar-refractivity contribution < 1.29 is 9.53 Å². The van der Waals surface area contributed by atoms with Crippen LogP contribution in [0.5, 0.6) is 5.75 Å². The molecule has 0 aliphatic heterocycles. The molecule has 19 heavy (non-hydrogen) atoms. The summed E-state index contributed by atoms with van der Waals surface area (Å²) in [6.45, 7) is 6.41. The molecule has 1 atom stereocenters. The summed E-state index contributed by atoms with van der Waals surface area (Å²) in [6.07, 6.45) is 2.10. The highest BCUT2D eigenvalue weighted by Crippen LogP contribution is 2.12. The van der Waals surface area contributed by atoms with Gasteiger partial charge in [-0.05, 0) is 49.9 Å². The number of anilines is 1. The summed E-state index contributed by atoms with van der Waals surface area (Å²) in [6, 6.07) is 7.19. The van der Waals surface area contributed by atoms with E-state index in [9.17, 15) is 4.79 Å². The maximum absolute atomic E-state index is 11.7. The van der Waals surface area contributed by atoms with Gasteiger partial charge in [-0.2, -0.15) is 0 Å². The number of hydrogen-bond acceptors (Lipinski definition) is 3. The van der Waals surface area contributed by atoms with Gasteiger partial charge in [-0.15, -0.1) is 0 Å². The van der Waals surface area contributed by atoms with Gasteiger partial charge in [0.25, 0.3) is 5.91 Å². The molecule has 1 rings (SSSR count). The van der Waals surface area contributed by atoms with Crippen molar-refractivity contribution in [1.29, 1.82) is 0 Å². The van der Waals surface area contributed by atoms with E-state index in [0.717, 1.165) is 12.8 Å². The third kappa shape index (κ3) is 6.70. The van der Waals surface area contributed by atoms with E-state index in [0.29, 0.717) is 17.4 Å². The third-order valence-corrected chi connectivity index (χ3v) is 2.83. The zero-order valence-electron chi connectivity index (χ0n) is 12.0. The van der Waals surface area contributed by atoms with Gasteiger partial charge in [0, 0.05) is 11.7 Å². The molecule has 0 saturated carbocycles. The molecule has 0 aliphatic rings. The van der Waals surface area contributed by atoms with Crippen molar-refractivity contribution in [1.82, 2.24) is 5.32 Å². The maximum Gasteiger partial charge on any atom is 0.258 e. The van der Waals surface area contributed by atoms with Crippen molar-refractivity contribution in [2.75, 3.05) is 12.3 Å². The number of carbonyl (C=O) groups excluding carboxylic acids is 1. The molecule has 0 heterocycles. The minimum Gasteiger partial charge on any atom is -0.484 e. The molecule has 0 fully saturated rings. The highest BCUT2D eigenvalue weighted by atomic mass is 16.5.